The molecule has 92 valence electrons. The van der Waals surface area contributed by atoms with Gasteiger partial charge in [0.25, 0.3) is 0 Å². The second-order valence-electron chi connectivity index (χ2n) is 4.45. The van der Waals surface area contributed by atoms with Gasteiger partial charge >= 0.3 is 0 Å². The van der Waals surface area contributed by atoms with Gasteiger partial charge in [-0.2, -0.15) is 0 Å². The highest BCUT2D eigenvalue weighted by Gasteiger charge is 2.04. The number of benzene rings is 1. The first-order valence-electron chi connectivity index (χ1n) is 6.24. The van der Waals surface area contributed by atoms with Gasteiger partial charge in [-0.15, -0.1) is 0 Å². The van der Waals surface area contributed by atoms with Crippen LogP contribution in [0.3, 0.4) is 0 Å². The molecule has 0 fully saturated rings. The minimum Gasteiger partial charge on any atom is -0.0843 e. The molecule has 0 spiro atoms. The van der Waals surface area contributed by atoms with Crippen LogP contribution in [0.5, 0.6) is 0 Å². The van der Waals surface area contributed by atoms with E-state index in [9.17, 15) is 0 Å². The van der Waals surface area contributed by atoms with E-state index < -0.39 is 0 Å². The number of rotatable bonds is 2. The Morgan fingerprint density at radius 3 is 2.32 bits per heavy atom. The molecule has 2 aliphatic rings. The molecule has 1 aromatic rings. The molecular weight excluding hydrogens is 252 g/mol. The van der Waals surface area contributed by atoms with Gasteiger partial charge in [0, 0.05) is 5.02 Å². The molecule has 0 aromatic heterocycles. The maximum Gasteiger partial charge on any atom is 0.0406 e. The Labute approximate surface area is 118 Å². The molecule has 1 heteroatoms. The van der Waals surface area contributed by atoms with Crippen LogP contribution in [0.25, 0.3) is 23.3 Å². The van der Waals surface area contributed by atoms with E-state index in [1.165, 1.54) is 16.7 Å². The Morgan fingerprint density at radius 1 is 0.684 bits per heavy atom. The Balaban J connectivity index is 1.93. The molecule has 0 heterocycles. The lowest BCUT2D eigenvalue weighted by molar-refractivity contribution is 1.66. The van der Waals surface area contributed by atoms with E-state index in [-0.39, 0.29) is 0 Å². The first-order chi connectivity index (χ1) is 9.33. The first kappa shape index (κ1) is 12.0. The van der Waals surface area contributed by atoms with E-state index in [1.54, 1.807) is 0 Å². The number of hydrogen-bond donors (Lipinski definition) is 0. The average Bonchev–Trinajstić information content (AvgIpc) is 2.66. The van der Waals surface area contributed by atoms with Gasteiger partial charge in [-0.3, -0.25) is 0 Å². The van der Waals surface area contributed by atoms with Gasteiger partial charge in [0.15, 0.2) is 0 Å². The van der Waals surface area contributed by atoms with Crippen LogP contribution in [0.2, 0.25) is 5.02 Å². The minimum absolute atomic E-state index is 0.767. The quantitative estimate of drug-likeness (QED) is 0.564. The molecule has 3 rings (SSSR count). The monoisotopic (exact) mass is 264 g/mol. The molecule has 0 unspecified atom stereocenters. The topological polar surface area (TPSA) is 0 Å². The molecule has 0 nitrogen and oxygen atoms in total. The summed E-state index contributed by atoms with van der Waals surface area (Å²) >= 11 is 5.88. The van der Waals surface area contributed by atoms with Crippen LogP contribution >= 0.6 is 11.6 Å². The third kappa shape index (κ3) is 2.69. The van der Waals surface area contributed by atoms with Crippen LogP contribution in [-0.4, -0.2) is 0 Å². The summed E-state index contributed by atoms with van der Waals surface area (Å²) in [5.74, 6) is 0. The predicted octanol–water partition coefficient (Wildman–Crippen LogP) is 5.62. The standard InChI is InChI=1S/C18H13Cl/c19-17-12-7-14(8-13-17)6-9-16-11-10-15-4-2-1-3-5-18(15)16/h1-13H/b9-6+. The fourth-order valence-electron chi connectivity index (χ4n) is 2.14. The van der Waals surface area contributed by atoms with Crippen molar-refractivity contribution in [2.75, 3.05) is 0 Å². The molecule has 1 aromatic carbocycles. The second kappa shape index (κ2) is 5.29. The summed E-state index contributed by atoms with van der Waals surface area (Å²) < 4.78 is 0. The van der Waals surface area contributed by atoms with Crippen molar-refractivity contribution in [3.8, 4) is 11.1 Å². The minimum atomic E-state index is 0.767. The van der Waals surface area contributed by atoms with E-state index >= 15 is 0 Å². The van der Waals surface area contributed by atoms with Crippen LogP contribution in [0.15, 0.2) is 66.7 Å². The van der Waals surface area contributed by atoms with E-state index in [0.29, 0.717) is 0 Å². The predicted molar refractivity (Wildman–Crippen MR) is 83.4 cm³/mol. The highest BCUT2D eigenvalue weighted by Crippen LogP contribution is 2.28. The van der Waals surface area contributed by atoms with Crippen LogP contribution in [0.4, 0.5) is 0 Å². The maximum atomic E-state index is 5.88. The molecule has 0 bridgehead atoms. The van der Waals surface area contributed by atoms with Crippen molar-refractivity contribution in [3.05, 3.63) is 82.9 Å². The van der Waals surface area contributed by atoms with E-state index in [1.807, 2.05) is 30.3 Å². The van der Waals surface area contributed by atoms with Crippen molar-refractivity contribution in [1.29, 1.82) is 0 Å². The van der Waals surface area contributed by atoms with Crippen molar-refractivity contribution in [2.45, 2.75) is 0 Å². The van der Waals surface area contributed by atoms with Gasteiger partial charge in [-0.1, -0.05) is 78.4 Å². The summed E-state index contributed by atoms with van der Waals surface area (Å²) in [5, 5.41) is 0.767. The summed E-state index contributed by atoms with van der Waals surface area (Å²) in [5.41, 5.74) is 4.93. The number of hydrogen-bond acceptors (Lipinski definition) is 0. The molecule has 0 radical (unpaired) electrons. The largest absolute Gasteiger partial charge is 0.0843 e. The van der Waals surface area contributed by atoms with Crippen molar-refractivity contribution < 1.29 is 0 Å². The lowest BCUT2D eigenvalue weighted by atomic mass is 10.1. The van der Waals surface area contributed by atoms with Crippen LogP contribution < -0.4 is 0 Å². The molecule has 0 aliphatic heterocycles. The smallest absolute Gasteiger partial charge is 0.0406 e. The Hall–Kier alpha value is -2.05. The Kier molecular flexibility index (Phi) is 3.35. The molecule has 0 amide bonds. The average molecular weight is 265 g/mol. The third-order valence-electron chi connectivity index (χ3n) is 3.15. The van der Waals surface area contributed by atoms with Gasteiger partial charge < -0.3 is 0 Å². The highest BCUT2D eigenvalue weighted by molar-refractivity contribution is 6.30. The van der Waals surface area contributed by atoms with Crippen LogP contribution in [0, 0.1) is 0 Å². The SMILES string of the molecule is Clc1ccc(/C=C/c2ccc3cccccc2-3)cc1. The fourth-order valence-corrected chi connectivity index (χ4v) is 2.27. The van der Waals surface area contributed by atoms with Crippen molar-refractivity contribution >= 4 is 23.8 Å². The van der Waals surface area contributed by atoms with Crippen molar-refractivity contribution in [1.82, 2.24) is 0 Å². The van der Waals surface area contributed by atoms with Crippen LogP contribution in [0.1, 0.15) is 11.1 Å². The zero-order valence-electron chi connectivity index (χ0n) is 10.4. The van der Waals surface area contributed by atoms with E-state index in [2.05, 4.69) is 48.6 Å². The Morgan fingerprint density at radius 2 is 1.47 bits per heavy atom. The normalized spacial score (nSPS) is 11.2. The second-order valence-corrected chi connectivity index (χ2v) is 4.89. The summed E-state index contributed by atoms with van der Waals surface area (Å²) in [6.07, 6.45) is 4.25. The van der Waals surface area contributed by atoms with E-state index in [4.69, 9.17) is 11.6 Å². The fraction of sp³-hybridized carbons (Fsp3) is 0. The molecule has 19 heavy (non-hydrogen) atoms. The zero-order chi connectivity index (χ0) is 13.1. The lowest BCUT2D eigenvalue weighted by Gasteiger charge is -1.96. The van der Waals surface area contributed by atoms with Gasteiger partial charge in [0.05, 0.1) is 0 Å². The maximum absolute atomic E-state index is 5.88. The van der Waals surface area contributed by atoms with Crippen LogP contribution in [-0.2, 0) is 0 Å². The molecular formula is C18H13Cl. The summed E-state index contributed by atoms with van der Waals surface area (Å²) in [4.78, 5) is 0. The first-order valence-corrected chi connectivity index (χ1v) is 6.62. The lowest BCUT2D eigenvalue weighted by Crippen LogP contribution is -1.73. The van der Waals surface area contributed by atoms with Crippen molar-refractivity contribution in [3.63, 3.8) is 0 Å². The van der Waals surface area contributed by atoms with Gasteiger partial charge in [-0.25, -0.2) is 0 Å². The summed E-state index contributed by atoms with van der Waals surface area (Å²) in [6, 6.07) is 22.6. The van der Waals surface area contributed by atoms with Gasteiger partial charge in [0.2, 0.25) is 0 Å². The van der Waals surface area contributed by atoms with Gasteiger partial charge in [0.1, 0.15) is 0 Å². The molecule has 0 saturated heterocycles. The zero-order valence-corrected chi connectivity index (χ0v) is 11.1. The highest BCUT2D eigenvalue weighted by atomic mass is 35.5. The summed E-state index contributed by atoms with van der Waals surface area (Å²) in [7, 11) is 0. The molecule has 0 N–H and O–H groups in total. The molecule has 0 atom stereocenters. The summed E-state index contributed by atoms with van der Waals surface area (Å²) in [6.45, 7) is 0. The van der Waals surface area contributed by atoms with Crippen molar-refractivity contribution in [2.24, 2.45) is 0 Å². The van der Waals surface area contributed by atoms with Gasteiger partial charge in [-0.05, 0) is 34.4 Å². The molecule has 2 aliphatic carbocycles. The molecule has 0 saturated carbocycles. The Bertz CT molecular complexity index is 680. The number of halogens is 1. The van der Waals surface area contributed by atoms with E-state index in [0.717, 1.165) is 10.6 Å². The third-order valence-corrected chi connectivity index (χ3v) is 3.40. The number of fused-ring (bicyclic) bond motifs is 1.